The second-order valence-electron chi connectivity index (χ2n) is 2.77. The first kappa shape index (κ1) is 9.80. The maximum absolute atomic E-state index is 4.04. The zero-order chi connectivity index (χ0) is 9.97. The molecule has 70 valence electrons. The smallest absolute Gasteiger partial charge is 0.0930 e. The lowest BCUT2D eigenvalue weighted by Gasteiger charge is -2.01. The Hall–Kier alpha value is -0.740. The lowest BCUT2D eigenvalue weighted by atomic mass is 10.1. The topological polar surface area (TPSA) is 25.8 Å². The third kappa shape index (κ3) is 2.19. The lowest BCUT2D eigenvalue weighted by molar-refractivity contribution is 1.04. The number of hydrogen-bond acceptors (Lipinski definition) is 2. The van der Waals surface area contributed by atoms with Crippen molar-refractivity contribution in [3.63, 3.8) is 0 Å². The molecule has 14 heavy (non-hydrogen) atoms. The van der Waals surface area contributed by atoms with Gasteiger partial charge >= 0.3 is 0 Å². The van der Waals surface area contributed by atoms with Crippen LogP contribution in [0.5, 0.6) is 0 Å². The van der Waals surface area contributed by atoms with Gasteiger partial charge in [0.25, 0.3) is 0 Å². The zero-order valence-electron chi connectivity index (χ0n) is 7.11. The average molecular weight is 314 g/mol. The van der Waals surface area contributed by atoms with E-state index in [0.29, 0.717) is 0 Å². The summed E-state index contributed by atoms with van der Waals surface area (Å²) in [5, 5.41) is 7.88. The molecular weight excluding hydrogens is 308 g/mol. The molecule has 0 radical (unpaired) electrons. The van der Waals surface area contributed by atoms with Crippen molar-refractivity contribution in [2.24, 2.45) is 0 Å². The number of halogens is 2. The van der Waals surface area contributed by atoms with Crippen LogP contribution >= 0.6 is 31.9 Å². The highest BCUT2D eigenvalue weighted by Gasteiger charge is 2.01. The molecule has 1 aromatic carbocycles. The lowest BCUT2D eigenvalue weighted by Crippen LogP contribution is -1.85. The normalized spacial score (nSPS) is 10.1. The maximum Gasteiger partial charge on any atom is 0.0930 e. The molecule has 0 amide bonds. The first-order chi connectivity index (χ1) is 6.75. The molecule has 4 heteroatoms. The maximum atomic E-state index is 4.04. The molecule has 2 nitrogen and oxygen atoms in total. The minimum absolute atomic E-state index is 0.870. The van der Waals surface area contributed by atoms with E-state index in [1.807, 2.05) is 30.3 Å². The molecule has 2 aromatic rings. The number of rotatable bonds is 1. The van der Waals surface area contributed by atoms with E-state index in [1.165, 1.54) is 0 Å². The first-order valence-corrected chi connectivity index (χ1v) is 5.58. The van der Waals surface area contributed by atoms with Crippen LogP contribution in [0.15, 0.2) is 45.5 Å². The second kappa shape index (κ2) is 4.19. The summed E-state index contributed by atoms with van der Waals surface area (Å²) in [5.41, 5.74) is 1.91. The summed E-state index contributed by atoms with van der Waals surface area (Å²) in [5.74, 6) is 0. The Morgan fingerprint density at radius 2 is 1.71 bits per heavy atom. The van der Waals surface area contributed by atoms with E-state index in [1.54, 1.807) is 6.20 Å². The fourth-order valence-corrected chi connectivity index (χ4v) is 2.45. The van der Waals surface area contributed by atoms with Gasteiger partial charge in [-0.05, 0) is 30.3 Å². The van der Waals surface area contributed by atoms with Gasteiger partial charge in [-0.3, -0.25) is 0 Å². The third-order valence-corrected chi connectivity index (χ3v) is 2.65. The van der Waals surface area contributed by atoms with Crippen LogP contribution in [0.2, 0.25) is 0 Å². The highest BCUT2D eigenvalue weighted by Crippen LogP contribution is 2.25. The predicted molar refractivity (Wildman–Crippen MR) is 62.9 cm³/mol. The van der Waals surface area contributed by atoms with Crippen LogP contribution in [-0.4, -0.2) is 10.2 Å². The minimum Gasteiger partial charge on any atom is -0.159 e. The standard InChI is InChI=1S/C10H6Br2N2/c11-8-4-7(5-9(12)6-8)10-2-1-3-13-14-10/h1-6H. The van der Waals surface area contributed by atoms with E-state index in [-0.39, 0.29) is 0 Å². The van der Waals surface area contributed by atoms with Gasteiger partial charge in [0, 0.05) is 20.7 Å². The second-order valence-corrected chi connectivity index (χ2v) is 4.60. The summed E-state index contributed by atoms with van der Waals surface area (Å²) < 4.78 is 2.04. The Bertz CT molecular complexity index is 423. The highest BCUT2D eigenvalue weighted by molar-refractivity contribution is 9.11. The minimum atomic E-state index is 0.870. The fourth-order valence-electron chi connectivity index (χ4n) is 1.16. The van der Waals surface area contributed by atoms with E-state index in [9.17, 15) is 0 Å². The molecule has 0 aliphatic rings. The average Bonchev–Trinajstić information content (AvgIpc) is 2.18. The van der Waals surface area contributed by atoms with Crippen LogP contribution < -0.4 is 0 Å². The molecule has 0 saturated carbocycles. The molecule has 0 spiro atoms. The van der Waals surface area contributed by atoms with Crippen LogP contribution in [-0.2, 0) is 0 Å². The Labute approximate surface area is 98.6 Å². The van der Waals surface area contributed by atoms with Gasteiger partial charge < -0.3 is 0 Å². The quantitative estimate of drug-likeness (QED) is 0.803. The Morgan fingerprint density at radius 1 is 1.00 bits per heavy atom. The van der Waals surface area contributed by atoms with Gasteiger partial charge in [-0.1, -0.05) is 31.9 Å². The molecule has 0 unspecified atom stereocenters. The monoisotopic (exact) mass is 312 g/mol. The number of hydrogen-bond donors (Lipinski definition) is 0. The Morgan fingerprint density at radius 3 is 2.29 bits per heavy atom. The van der Waals surface area contributed by atoms with Crippen LogP contribution in [0, 0.1) is 0 Å². The Balaban J connectivity index is 2.52. The number of benzene rings is 1. The summed E-state index contributed by atoms with van der Waals surface area (Å²) in [6, 6.07) is 9.81. The van der Waals surface area contributed by atoms with Crippen molar-refractivity contribution >= 4 is 31.9 Å². The molecule has 0 fully saturated rings. The summed E-state index contributed by atoms with van der Waals surface area (Å²) in [4.78, 5) is 0. The summed E-state index contributed by atoms with van der Waals surface area (Å²) in [6.45, 7) is 0. The van der Waals surface area contributed by atoms with Gasteiger partial charge in [0.05, 0.1) is 5.69 Å². The highest BCUT2D eigenvalue weighted by atomic mass is 79.9. The fraction of sp³-hybridized carbons (Fsp3) is 0. The Kier molecular flexibility index (Phi) is 2.93. The van der Waals surface area contributed by atoms with Crippen molar-refractivity contribution in [2.75, 3.05) is 0 Å². The molecule has 2 rings (SSSR count). The molecule has 0 N–H and O–H groups in total. The van der Waals surface area contributed by atoms with Gasteiger partial charge in [0.2, 0.25) is 0 Å². The van der Waals surface area contributed by atoms with Crippen molar-refractivity contribution in [1.82, 2.24) is 10.2 Å². The molecule has 0 aliphatic carbocycles. The molecule has 0 bridgehead atoms. The molecule has 1 aromatic heterocycles. The third-order valence-electron chi connectivity index (χ3n) is 1.73. The largest absolute Gasteiger partial charge is 0.159 e. The van der Waals surface area contributed by atoms with Crippen molar-refractivity contribution in [3.8, 4) is 11.3 Å². The summed E-state index contributed by atoms with van der Waals surface area (Å²) >= 11 is 6.86. The molecular formula is C10H6Br2N2. The molecule has 0 saturated heterocycles. The number of nitrogens with zero attached hydrogens (tertiary/aromatic N) is 2. The van der Waals surface area contributed by atoms with Crippen LogP contribution in [0.25, 0.3) is 11.3 Å². The molecule has 0 aliphatic heterocycles. The van der Waals surface area contributed by atoms with Gasteiger partial charge in [-0.2, -0.15) is 10.2 Å². The SMILES string of the molecule is Brc1cc(Br)cc(-c2cccnn2)c1. The van der Waals surface area contributed by atoms with E-state index >= 15 is 0 Å². The van der Waals surface area contributed by atoms with Crippen molar-refractivity contribution in [1.29, 1.82) is 0 Å². The predicted octanol–water partition coefficient (Wildman–Crippen LogP) is 3.67. The van der Waals surface area contributed by atoms with Crippen LogP contribution in [0.3, 0.4) is 0 Å². The van der Waals surface area contributed by atoms with Gasteiger partial charge in [-0.25, -0.2) is 0 Å². The van der Waals surface area contributed by atoms with Crippen LogP contribution in [0.1, 0.15) is 0 Å². The summed E-state index contributed by atoms with van der Waals surface area (Å²) in [6.07, 6.45) is 1.66. The van der Waals surface area contributed by atoms with Gasteiger partial charge in [0.1, 0.15) is 0 Å². The van der Waals surface area contributed by atoms with Crippen LogP contribution in [0.4, 0.5) is 0 Å². The van der Waals surface area contributed by atoms with Crippen molar-refractivity contribution in [2.45, 2.75) is 0 Å². The molecule has 0 atom stereocenters. The van der Waals surface area contributed by atoms with E-state index in [4.69, 9.17) is 0 Å². The summed E-state index contributed by atoms with van der Waals surface area (Å²) in [7, 11) is 0. The van der Waals surface area contributed by atoms with E-state index < -0.39 is 0 Å². The first-order valence-electron chi connectivity index (χ1n) is 4.00. The molecule has 1 heterocycles. The van der Waals surface area contributed by atoms with Gasteiger partial charge in [-0.15, -0.1) is 0 Å². The van der Waals surface area contributed by atoms with E-state index in [2.05, 4.69) is 42.1 Å². The number of aromatic nitrogens is 2. The van der Waals surface area contributed by atoms with E-state index in [0.717, 1.165) is 20.2 Å². The zero-order valence-corrected chi connectivity index (χ0v) is 10.3. The van der Waals surface area contributed by atoms with Crippen molar-refractivity contribution in [3.05, 3.63) is 45.5 Å². The van der Waals surface area contributed by atoms with Gasteiger partial charge in [0.15, 0.2) is 0 Å². The van der Waals surface area contributed by atoms with Crippen molar-refractivity contribution < 1.29 is 0 Å².